The second kappa shape index (κ2) is 14.1. The van der Waals surface area contributed by atoms with Gasteiger partial charge in [0.05, 0.1) is 12.3 Å². The lowest BCUT2D eigenvalue weighted by atomic mass is 9.85. The second-order valence-electron chi connectivity index (χ2n) is 15.0. The van der Waals surface area contributed by atoms with Crippen molar-refractivity contribution in [1.29, 1.82) is 0 Å². The quantitative estimate of drug-likeness (QED) is 0.127. The van der Waals surface area contributed by atoms with Crippen molar-refractivity contribution in [1.82, 2.24) is 10.6 Å². The lowest BCUT2D eigenvalue weighted by Gasteiger charge is -2.25. The van der Waals surface area contributed by atoms with Gasteiger partial charge in [-0.25, -0.2) is 0 Å². The number of nitrogens with two attached hydrogens (primary N) is 1. The van der Waals surface area contributed by atoms with Crippen molar-refractivity contribution in [2.45, 2.75) is 34.9 Å². The molecule has 9 aromatic rings. The van der Waals surface area contributed by atoms with Crippen LogP contribution in [0.2, 0.25) is 0 Å². The molecule has 0 fully saturated rings. The molecule has 0 saturated heterocycles. The molecule has 0 bridgehead atoms. The summed E-state index contributed by atoms with van der Waals surface area (Å²) in [6.45, 7) is 0.701. The van der Waals surface area contributed by atoms with Gasteiger partial charge in [-0.05, 0) is 57.7 Å². The zero-order chi connectivity index (χ0) is 37.9. The molecule has 0 amide bonds. The lowest BCUT2D eigenvalue weighted by molar-refractivity contribution is 0.386. The highest BCUT2D eigenvalue weighted by Crippen LogP contribution is 2.54. The standard InChI is InChI=1S/C51H39N3O2S/c52-50(54-51(32-15-5-2-6-16-32)53-30-31-13-3-1-4-14-31)33-27-28-43-42(29-33)46-35(18-12-25-44(46)55-43)36-19-9-20-37-38-21-10-22-39(48(38)56-47(36)37)41-24-11-23-40-34-17-7-8-26-45(34)57-49(40)41/h1-29,40,49-51,53-54H,30,52H2. The summed E-state index contributed by atoms with van der Waals surface area (Å²) in [5.41, 5.74) is 19.7. The van der Waals surface area contributed by atoms with Crippen molar-refractivity contribution in [3.63, 3.8) is 0 Å². The summed E-state index contributed by atoms with van der Waals surface area (Å²) < 4.78 is 13.5. The van der Waals surface area contributed by atoms with Crippen molar-refractivity contribution in [2.24, 2.45) is 5.73 Å². The molecule has 7 aromatic carbocycles. The monoisotopic (exact) mass is 757 g/mol. The van der Waals surface area contributed by atoms with Gasteiger partial charge in [-0.2, -0.15) is 0 Å². The fourth-order valence-corrected chi connectivity index (χ4v) is 10.3. The average molecular weight is 758 g/mol. The van der Waals surface area contributed by atoms with Gasteiger partial charge in [0.25, 0.3) is 0 Å². The summed E-state index contributed by atoms with van der Waals surface area (Å²) in [4.78, 5) is 1.36. The number of fused-ring (bicyclic) bond motifs is 9. The molecule has 2 aliphatic rings. The molecule has 3 heterocycles. The van der Waals surface area contributed by atoms with E-state index in [1.807, 2.05) is 36.0 Å². The summed E-state index contributed by atoms with van der Waals surface area (Å²) in [6, 6.07) is 55.2. The van der Waals surface area contributed by atoms with Gasteiger partial charge in [0.2, 0.25) is 0 Å². The van der Waals surface area contributed by atoms with Crippen molar-refractivity contribution in [2.75, 3.05) is 0 Å². The SMILES string of the molecule is NC(NC(NCc1ccccc1)c1ccccc1)c1ccc2oc3cccc(-c4cccc5c4oc4c(C6=CC=CC7c8ccccc8SC67)cccc45)c3c2c1. The zero-order valence-corrected chi connectivity index (χ0v) is 31.9. The third-order valence-corrected chi connectivity index (χ3v) is 13.0. The first-order valence-electron chi connectivity index (χ1n) is 19.6. The Kier molecular flexibility index (Phi) is 8.44. The van der Waals surface area contributed by atoms with Gasteiger partial charge in [0, 0.05) is 55.3 Å². The number of benzene rings is 7. The van der Waals surface area contributed by atoms with Crippen LogP contribution in [-0.2, 0) is 6.54 Å². The summed E-state index contributed by atoms with van der Waals surface area (Å²) in [5.74, 6) is 0.344. The van der Waals surface area contributed by atoms with Gasteiger partial charge >= 0.3 is 0 Å². The van der Waals surface area contributed by atoms with Crippen LogP contribution in [0, 0.1) is 0 Å². The maximum atomic E-state index is 7.05. The molecular weight excluding hydrogens is 719 g/mol. The molecule has 0 spiro atoms. The fraction of sp³-hybridized carbons (Fsp3) is 0.0980. The second-order valence-corrected chi connectivity index (χ2v) is 16.1. The van der Waals surface area contributed by atoms with Gasteiger partial charge in [-0.15, -0.1) is 11.8 Å². The van der Waals surface area contributed by atoms with Crippen LogP contribution in [-0.4, -0.2) is 5.25 Å². The number of nitrogens with one attached hydrogen (secondary N) is 2. The van der Waals surface area contributed by atoms with Crippen molar-refractivity contribution in [3.8, 4) is 11.1 Å². The van der Waals surface area contributed by atoms with Crippen LogP contribution in [0.3, 0.4) is 0 Å². The highest BCUT2D eigenvalue weighted by atomic mass is 32.2. The van der Waals surface area contributed by atoms with Crippen LogP contribution in [0.5, 0.6) is 0 Å². The number of furan rings is 2. The third kappa shape index (κ3) is 5.92. The first-order valence-corrected chi connectivity index (χ1v) is 20.4. The van der Waals surface area contributed by atoms with Crippen molar-refractivity contribution in [3.05, 3.63) is 204 Å². The number of para-hydroxylation sites is 2. The summed E-state index contributed by atoms with van der Waals surface area (Å²) >= 11 is 1.96. The Balaban J connectivity index is 0.976. The zero-order valence-electron chi connectivity index (χ0n) is 31.1. The minimum Gasteiger partial charge on any atom is -0.456 e. The Morgan fingerprint density at radius 1 is 0.614 bits per heavy atom. The minimum absolute atomic E-state index is 0.168. The third-order valence-electron chi connectivity index (χ3n) is 11.6. The van der Waals surface area contributed by atoms with E-state index < -0.39 is 6.17 Å². The Hall–Kier alpha value is -6.15. The highest BCUT2D eigenvalue weighted by Gasteiger charge is 2.36. The molecule has 11 rings (SSSR count). The van der Waals surface area contributed by atoms with Crippen molar-refractivity contribution >= 4 is 61.2 Å². The average Bonchev–Trinajstić information content (AvgIpc) is 3.97. The van der Waals surface area contributed by atoms with Crippen LogP contribution >= 0.6 is 11.8 Å². The maximum Gasteiger partial charge on any atom is 0.143 e. The number of hydrogen-bond acceptors (Lipinski definition) is 6. The molecule has 1 aliphatic heterocycles. The maximum absolute atomic E-state index is 7.05. The fourth-order valence-electron chi connectivity index (χ4n) is 8.85. The van der Waals surface area contributed by atoms with Gasteiger partial charge < -0.3 is 14.6 Å². The van der Waals surface area contributed by atoms with E-state index >= 15 is 0 Å². The molecule has 1 aliphatic carbocycles. The van der Waals surface area contributed by atoms with Crippen LogP contribution in [0.15, 0.2) is 190 Å². The van der Waals surface area contributed by atoms with E-state index in [4.69, 9.17) is 14.6 Å². The molecule has 0 saturated carbocycles. The van der Waals surface area contributed by atoms with E-state index in [1.165, 1.54) is 21.6 Å². The molecule has 4 atom stereocenters. The minimum atomic E-state index is -0.452. The molecule has 6 heteroatoms. The normalized spacial score (nSPS) is 17.2. The molecule has 4 unspecified atom stereocenters. The van der Waals surface area contributed by atoms with Crippen molar-refractivity contribution < 1.29 is 8.83 Å². The Bertz CT molecular complexity index is 3020. The van der Waals surface area contributed by atoms with Crippen LogP contribution in [0.25, 0.3) is 60.6 Å². The molecular formula is C51H39N3O2S. The molecule has 4 N–H and O–H groups in total. The number of rotatable bonds is 9. The predicted molar refractivity (Wildman–Crippen MR) is 235 cm³/mol. The van der Waals surface area contributed by atoms with Gasteiger partial charge in [-0.1, -0.05) is 152 Å². The van der Waals surface area contributed by atoms with Gasteiger partial charge in [-0.3, -0.25) is 10.6 Å². The van der Waals surface area contributed by atoms with Crippen LogP contribution in [0.1, 0.15) is 46.1 Å². The van der Waals surface area contributed by atoms with Gasteiger partial charge in [0.15, 0.2) is 0 Å². The Morgan fingerprint density at radius 3 is 2.18 bits per heavy atom. The Labute approximate surface area is 334 Å². The molecule has 2 aromatic heterocycles. The van der Waals surface area contributed by atoms with E-state index in [-0.39, 0.29) is 6.17 Å². The predicted octanol–water partition coefficient (Wildman–Crippen LogP) is 12.4. The summed E-state index contributed by atoms with van der Waals surface area (Å²) in [7, 11) is 0. The molecule has 57 heavy (non-hydrogen) atoms. The topological polar surface area (TPSA) is 76.4 Å². The van der Waals surface area contributed by atoms with E-state index in [9.17, 15) is 0 Å². The summed E-state index contributed by atoms with van der Waals surface area (Å²) in [6.07, 6.45) is 6.22. The van der Waals surface area contributed by atoms with Gasteiger partial charge in [0.1, 0.15) is 22.3 Å². The number of thioether (sulfide) groups is 1. The highest BCUT2D eigenvalue weighted by molar-refractivity contribution is 8.00. The molecule has 5 nitrogen and oxygen atoms in total. The molecule has 276 valence electrons. The van der Waals surface area contributed by atoms with E-state index in [2.05, 4.69) is 162 Å². The smallest absolute Gasteiger partial charge is 0.143 e. The van der Waals surface area contributed by atoms with E-state index in [1.54, 1.807) is 0 Å². The van der Waals surface area contributed by atoms with Crippen LogP contribution < -0.4 is 16.4 Å². The van der Waals surface area contributed by atoms with E-state index in [0.717, 1.165) is 71.7 Å². The first-order chi connectivity index (χ1) is 28.2. The molecule has 0 radical (unpaired) electrons. The number of hydrogen-bond donors (Lipinski definition) is 3. The largest absolute Gasteiger partial charge is 0.456 e. The van der Waals surface area contributed by atoms with E-state index in [0.29, 0.717) is 17.7 Å². The Morgan fingerprint density at radius 2 is 1.33 bits per heavy atom. The first kappa shape index (κ1) is 34.1. The van der Waals surface area contributed by atoms with Crippen LogP contribution in [0.4, 0.5) is 0 Å². The number of allylic oxidation sites excluding steroid dienone is 3. The summed E-state index contributed by atoms with van der Waals surface area (Å²) in [5, 5.41) is 11.9. The lowest BCUT2D eigenvalue weighted by Crippen LogP contribution is -2.39.